The molecule has 132 valence electrons. The van der Waals surface area contributed by atoms with Gasteiger partial charge >= 0.3 is 0 Å². The van der Waals surface area contributed by atoms with Crippen LogP contribution in [0.4, 0.5) is 11.4 Å². The van der Waals surface area contributed by atoms with E-state index in [1.807, 2.05) is 4.68 Å². The SMILES string of the molecule is CC(Sc1nnnn1C1CCCC1)C(=O)Nc1ccc([N+](=O)[O-])cc1. The number of thioether (sulfide) groups is 1. The highest BCUT2D eigenvalue weighted by molar-refractivity contribution is 8.00. The van der Waals surface area contributed by atoms with E-state index in [0.29, 0.717) is 16.9 Å². The van der Waals surface area contributed by atoms with Crippen LogP contribution in [-0.4, -0.2) is 36.3 Å². The fourth-order valence-electron chi connectivity index (χ4n) is 2.76. The number of nitrogens with one attached hydrogen (secondary N) is 1. The number of tetrazole rings is 1. The third-order valence-corrected chi connectivity index (χ3v) is 5.18. The molecule has 0 bridgehead atoms. The largest absolute Gasteiger partial charge is 0.325 e. The first kappa shape index (κ1) is 17.3. The van der Waals surface area contributed by atoms with Gasteiger partial charge in [-0.15, -0.1) is 5.10 Å². The molecule has 1 heterocycles. The lowest BCUT2D eigenvalue weighted by Crippen LogP contribution is -2.23. The van der Waals surface area contributed by atoms with E-state index in [9.17, 15) is 14.9 Å². The Kier molecular flexibility index (Phi) is 5.27. The molecule has 0 radical (unpaired) electrons. The zero-order valence-electron chi connectivity index (χ0n) is 13.7. The van der Waals surface area contributed by atoms with Crippen molar-refractivity contribution >= 4 is 29.0 Å². The number of hydrogen-bond donors (Lipinski definition) is 1. The molecule has 0 aliphatic heterocycles. The van der Waals surface area contributed by atoms with Crippen molar-refractivity contribution in [2.24, 2.45) is 0 Å². The molecule has 1 saturated carbocycles. The maximum atomic E-state index is 12.3. The number of nitro benzene ring substituents is 1. The number of rotatable bonds is 6. The summed E-state index contributed by atoms with van der Waals surface area (Å²) in [5.74, 6) is -0.208. The van der Waals surface area contributed by atoms with Crippen molar-refractivity contribution in [3.05, 3.63) is 34.4 Å². The Hall–Kier alpha value is -2.49. The number of aromatic nitrogens is 4. The molecule has 1 unspecified atom stereocenters. The Morgan fingerprint density at radius 1 is 1.36 bits per heavy atom. The van der Waals surface area contributed by atoms with Crippen LogP contribution >= 0.6 is 11.8 Å². The number of carbonyl (C=O) groups is 1. The van der Waals surface area contributed by atoms with Crippen molar-refractivity contribution in [1.29, 1.82) is 0 Å². The molecule has 25 heavy (non-hydrogen) atoms. The van der Waals surface area contributed by atoms with E-state index in [-0.39, 0.29) is 11.6 Å². The van der Waals surface area contributed by atoms with Gasteiger partial charge < -0.3 is 5.32 Å². The zero-order chi connectivity index (χ0) is 17.8. The van der Waals surface area contributed by atoms with Gasteiger partial charge in [0.05, 0.1) is 16.2 Å². The first-order valence-electron chi connectivity index (χ1n) is 8.04. The summed E-state index contributed by atoms with van der Waals surface area (Å²) in [4.78, 5) is 22.5. The second-order valence-corrected chi connectivity index (χ2v) is 7.21. The van der Waals surface area contributed by atoms with Crippen molar-refractivity contribution in [1.82, 2.24) is 20.2 Å². The summed E-state index contributed by atoms with van der Waals surface area (Å²) in [5, 5.41) is 25.5. The monoisotopic (exact) mass is 362 g/mol. The standard InChI is InChI=1S/C15H18N6O3S/c1-10(14(22)16-11-6-8-13(9-7-11)21(23)24)25-15-17-18-19-20(15)12-4-2-3-5-12/h6-10,12H,2-5H2,1H3,(H,16,22). The van der Waals surface area contributed by atoms with Gasteiger partial charge in [0.15, 0.2) is 0 Å². The van der Waals surface area contributed by atoms with Crippen LogP contribution in [0.1, 0.15) is 38.6 Å². The molecule has 3 rings (SSSR count). The van der Waals surface area contributed by atoms with Gasteiger partial charge in [-0.1, -0.05) is 24.6 Å². The van der Waals surface area contributed by atoms with E-state index in [4.69, 9.17) is 0 Å². The van der Waals surface area contributed by atoms with Gasteiger partial charge in [0.1, 0.15) is 0 Å². The Balaban J connectivity index is 1.61. The van der Waals surface area contributed by atoms with Crippen molar-refractivity contribution in [2.45, 2.75) is 49.1 Å². The molecular weight excluding hydrogens is 344 g/mol. The van der Waals surface area contributed by atoms with E-state index < -0.39 is 10.2 Å². The number of hydrogen-bond acceptors (Lipinski definition) is 7. The molecule has 0 spiro atoms. The molecule has 1 aromatic carbocycles. The molecule has 9 nitrogen and oxygen atoms in total. The summed E-state index contributed by atoms with van der Waals surface area (Å²) in [5.41, 5.74) is 0.495. The van der Waals surface area contributed by atoms with Crippen LogP contribution in [-0.2, 0) is 4.79 Å². The summed E-state index contributed by atoms with van der Waals surface area (Å²) in [6.07, 6.45) is 4.46. The smallest absolute Gasteiger partial charge is 0.269 e. The lowest BCUT2D eigenvalue weighted by molar-refractivity contribution is -0.384. The highest BCUT2D eigenvalue weighted by Crippen LogP contribution is 2.32. The van der Waals surface area contributed by atoms with Gasteiger partial charge in [-0.05, 0) is 42.3 Å². The second kappa shape index (κ2) is 7.60. The molecule has 1 fully saturated rings. The zero-order valence-corrected chi connectivity index (χ0v) is 14.5. The van der Waals surface area contributed by atoms with Crippen molar-refractivity contribution < 1.29 is 9.72 Å². The highest BCUT2D eigenvalue weighted by Gasteiger charge is 2.24. The quantitative estimate of drug-likeness (QED) is 0.477. The van der Waals surface area contributed by atoms with Crippen molar-refractivity contribution in [2.75, 3.05) is 5.32 Å². The van der Waals surface area contributed by atoms with Crippen LogP contribution in [0.15, 0.2) is 29.4 Å². The van der Waals surface area contributed by atoms with Gasteiger partial charge in [-0.2, -0.15) is 0 Å². The van der Waals surface area contributed by atoms with Gasteiger partial charge in [0.2, 0.25) is 11.1 Å². The fraction of sp³-hybridized carbons (Fsp3) is 0.467. The number of nitrogens with zero attached hydrogens (tertiary/aromatic N) is 5. The third-order valence-electron chi connectivity index (χ3n) is 4.13. The van der Waals surface area contributed by atoms with Gasteiger partial charge in [0, 0.05) is 17.8 Å². The number of nitro groups is 1. The molecule has 10 heteroatoms. The molecule has 1 aromatic heterocycles. The fourth-order valence-corrected chi connectivity index (χ4v) is 3.62. The van der Waals surface area contributed by atoms with Crippen molar-refractivity contribution in [3.8, 4) is 0 Å². The normalized spacial score (nSPS) is 15.9. The molecule has 1 N–H and O–H groups in total. The van der Waals surface area contributed by atoms with Crippen LogP contribution in [0.5, 0.6) is 0 Å². The summed E-state index contributed by atoms with van der Waals surface area (Å²) < 4.78 is 1.81. The topological polar surface area (TPSA) is 116 Å². The van der Waals surface area contributed by atoms with E-state index in [1.165, 1.54) is 48.9 Å². The van der Waals surface area contributed by atoms with E-state index in [1.54, 1.807) is 6.92 Å². The average Bonchev–Trinajstić information content (AvgIpc) is 3.26. The van der Waals surface area contributed by atoms with E-state index in [2.05, 4.69) is 20.8 Å². The highest BCUT2D eigenvalue weighted by atomic mass is 32.2. The molecule has 0 saturated heterocycles. The van der Waals surface area contributed by atoms with Crippen LogP contribution in [0.2, 0.25) is 0 Å². The first-order chi connectivity index (χ1) is 12.0. The van der Waals surface area contributed by atoms with Crippen LogP contribution in [0, 0.1) is 10.1 Å². The molecular formula is C15H18N6O3S. The Bertz CT molecular complexity index is 757. The van der Waals surface area contributed by atoms with Gasteiger partial charge in [-0.25, -0.2) is 4.68 Å². The summed E-state index contributed by atoms with van der Waals surface area (Å²) in [6.45, 7) is 1.78. The minimum absolute atomic E-state index is 0.0174. The Labute approximate surface area is 148 Å². The minimum Gasteiger partial charge on any atom is -0.325 e. The molecule has 1 amide bonds. The first-order valence-corrected chi connectivity index (χ1v) is 8.92. The predicted molar refractivity (Wildman–Crippen MR) is 92.4 cm³/mol. The summed E-state index contributed by atoms with van der Waals surface area (Å²) >= 11 is 1.31. The Morgan fingerprint density at radius 3 is 2.68 bits per heavy atom. The molecule has 1 atom stereocenters. The van der Waals surface area contributed by atoms with Crippen LogP contribution in [0.3, 0.4) is 0 Å². The van der Waals surface area contributed by atoms with Crippen LogP contribution < -0.4 is 5.32 Å². The molecule has 1 aliphatic rings. The lowest BCUT2D eigenvalue weighted by atomic mass is 10.3. The number of amides is 1. The lowest BCUT2D eigenvalue weighted by Gasteiger charge is -2.14. The molecule has 2 aromatic rings. The minimum atomic E-state index is -0.479. The number of non-ortho nitro benzene ring substituents is 1. The average molecular weight is 362 g/mol. The Morgan fingerprint density at radius 2 is 2.04 bits per heavy atom. The number of benzene rings is 1. The second-order valence-electron chi connectivity index (χ2n) is 5.90. The van der Waals surface area contributed by atoms with Crippen molar-refractivity contribution in [3.63, 3.8) is 0 Å². The van der Waals surface area contributed by atoms with E-state index in [0.717, 1.165) is 12.8 Å². The predicted octanol–water partition coefficient (Wildman–Crippen LogP) is 2.82. The van der Waals surface area contributed by atoms with E-state index >= 15 is 0 Å². The summed E-state index contributed by atoms with van der Waals surface area (Å²) in [6, 6.07) is 6.04. The third kappa shape index (κ3) is 4.13. The van der Waals surface area contributed by atoms with Crippen LogP contribution in [0.25, 0.3) is 0 Å². The summed E-state index contributed by atoms with van der Waals surface area (Å²) in [7, 11) is 0. The molecule has 1 aliphatic carbocycles. The number of anilines is 1. The maximum absolute atomic E-state index is 12.3. The maximum Gasteiger partial charge on any atom is 0.269 e. The number of carbonyl (C=O) groups excluding carboxylic acids is 1. The van der Waals surface area contributed by atoms with Gasteiger partial charge in [0.25, 0.3) is 5.69 Å². The van der Waals surface area contributed by atoms with Gasteiger partial charge in [-0.3, -0.25) is 14.9 Å².